The monoisotopic (exact) mass is 420 g/mol. The zero-order valence-corrected chi connectivity index (χ0v) is 17.3. The maximum absolute atomic E-state index is 12.9. The molecule has 0 spiro atoms. The Balaban J connectivity index is 2.13. The third-order valence-electron chi connectivity index (χ3n) is 6.00. The number of aromatic amines is 1. The highest BCUT2D eigenvalue weighted by Gasteiger charge is 2.49. The van der Waals surface area contributed by atoms with Crippen LogP contribution in [0, 0.1) is 5.92 Å². The van der Waals surface area contributed by atoms with Crippen LogP contribution in [-0.2, 0) is 28.1 Å². The topological polar surface area (TPSA) is 147 Å². The van der Waals surface area contributed by atoms with Crippen molar-refractivity contribution in [3.63, 3.8) is 0 Å². The number of carboxylic acids is 2. The lowest BCUT2D eigenvalue weighted by molar-refractivity contribution is -0.144. The van der Waals surface area contributed by atoms with Gasteiger partial charge < -0.3 is 15.2 Å². The predicted octanol–water partition coefficient (Wildman–Crippen LogP) is 1.69. The van der Waals surface area contributed by atoms with E-state index in [1.165, 1.54) is 4.57 Å². The molecule has 30 heavy (non-hydrogen) atoms. The number of imidazole rings is 1. The highest BCUT2D eigenvalue weighted by atomic mass is 16.4. The van der Waals surface area contributed by atoms with Crippen molar-refractivity contribution in [1.29, 1.82) is 0 Å². The van der Waals surface area contributed by atoms with E-state index in [0.717, 1.165) is 4.57 Å². The van der Waals surface area contributed by atoms with Gasteiger partial charge in [-0.3, -0.25) is 23.5 Å². The van der Waals surface area contributed by atoms with E-state index in [0.29, 0.717) is 38.6 Å². The van der Waals surface area contributed by atoms with E-state index in [2.05, 4.69) is 9.97 Å². The molecule has 0 aromatic carbocycles. The Hall–Kier alpha value is -2.91. The zero-order chi connectivity index (χ0) is 22.1. The van der Waals surface area contributed by atoms with Crippen molar-refractivity contribution < 1.29 is 19.8 Å². The third kappa shape index (κ3) is 3.66. The second-order valence-electron chi connectivity index (χ2n) is 8.10. The van der Waals surface area contributed by atoms with Crippen molar-refractivity contribution in [3.05, 3.63) is 26.7 Å². The van der Waals surface area contributed by atoms with E-state index in [1.54, 1.807) is 0 Å². The van der Waals surface area contributed by atoms with E-state index in [9.17, 15) is 24.3 Å². The van der Waals surface area contributed by atoms with Crippen LogP contribution < -0.4 is 11.2 Å². The fraction of sp³-hybridized carbons (Fsp3) is 0.650. The third-order valence-corrected chi connectivity index (χ3v) is 6.00. The Bertz CT molecular complexity index is 1080. The van der Waals surface area contributed by atoms with Crippen molar-refractivity contribution in [2.75, 3.05) is 0 Å². The first kappa shape index (κ1) is 21.8. The molecule has 0 amide bonds. The van der Waals surface area contributed by atoms with Crippen molar-refractivity contribution in [3.8, 4) is 0 Å². The summed E-state index contributed by atoms with van der Waals surface area (Å²) < 4.78 is 2.59. The molecule has 1 saturated carbocycles. The Morgan fingerprint density at radius 1 is 1.17 bits per heavy atom. The second-order valence-corrected chi connectivity index (χ2v) is 8.10. The fourth-order valence-electron chi connectivity index (χ4n) is 4.47. The summed E-state index contributed by atoms with van der Waals surface area (Å²) in [5.41, 5.74) is -1.93. The summed E-state index contributed by atoms with van der Waals surface area (Å²) in [6.07, 6.45) is 2.76. The van der Waals surface area contributed by atoms with Crippen LogP contribution in [0.2, 0.25) is 0 Å². The lowest BCUT2D eigenvalue weighted by atomic mass is 9.84. The van der Waals surface area contributed by atoms with Crippen molar-refractivity contribution in [1.82, 2.24) is 19.1 Å². The van der Waals surface area contributed by atoms with Crippen LogP contribution in [0.15, 0.2) is 9.59 Å². The van der Waals surface area contributed by atoms with Gasteiger partial charge in [0.1, 0.15) is 16.8 Å². The Labute approximate surface area is 172 Å². The van der Waals surface area contributed by atoms with Gasteiger partial charge in [-0.25, -0.2) is 9.78 Å². The molecule has 1 fully saturated rings. The number of nitrogens with one attached hydrogen (secondary N) is 1. The molecule has 2 atom stereocenters. The normalized spacial score (nSPS) is 21.3. The van der Waals surface area contributed by atoms with Gasteiger partial charge in [0, 0.05) is 19.5 Å². The number of H-pyrrole nitrogens is 1. The number of hydrogen-bond donors (Lipinski definition) is 3. The van der Waals surface area contributed by atoms with Crippen molar-refractivity contribution >= 4 is 23.1 Å². The Kier molecular flexibility index (Phi) is 6.14. The molecule has 10 heteroatoms. The first-order valence-electron chi connectivity index (χ1n) is 10.4. The van der Waals surface area contributed by atoms with E-state index >= 15 is 0 Å². The molecule has 0 bridgehead atoms. The first-order chi connectivity index (χ1) is 14.2. The molecule has 2 aromatic rings. The standard InChI is InChI=1S/C20H28N4O6/c1-3-9-23-15-14(16(27)24(10-4-2)19(23)30)21-17(22-15)20(18(28)29)8-7-12(11-20)5-6-13(25)26/h12H,3-11H2,1-2H3,(H,21,22)(H,25,26)(H,28,29). The lowest BCUT2D eigenvalue weighted by Gasteiger charge is -2.21. The number of rotatable bonds is 9. The maximum atomic E-state index is 12.9. The molecule has 3 rings (SSSR count). The Morgan fingerprint density at radius 3 is 2.43 bits per heavy atom. The van der Waals surface area contributed by atoms with Gasteiger partial charge >= 0.3 is 17.6 Å². The minimum atomic E-state index is -1.32. The smallest absolute Gasteiger partial charge is 0.332 e. The van der Waals surface area contributed by atoms with Crippen LogP contribution in [0.4, 0.5) is 0 Å². The summed E-state index contributed by atoms with van der Waals surface area (Å²) in [7, 11) is 0. The highest BCUT2D eigenvalue weighted by Crippen LogP contribution is 2.45. The molecule has 0 aliphatic heterocycles. The number of aryl methyl sites for hydroxylation is 1. The summed E-state index contributed by atoms with van der Waals surface area (Å²) in [5, 5.41) is 19.0. The number of carboxylic acid groups (broad SMARTS) is 2. The quantitative estimate of drug-likeness (QED) is 0.559. The predicted molar refractivity (Wildman–Crippen MR) is 109 cm³/mol. The molecular weight excluding hydrogens is 392 g/mol. The van der Waals surface area contributed by atoms with E-state index < -0.39 is 28.6 Å². The molecule has 0 radical (unpaired) electrons. The number of carbonyl (C=O) groups is 2. The van der Waals surface area contributed by atoms with E-state index in [1.807, 2.05) is 13.8 Å². The summed E-state index contributed by atoms with van der Waals surface area (Å²) in [6.45, 7) is 4.41. The minimum Gasteiger partial charge on any atom is -0.481 e. The maximum Gasteiger partial charge on any atom is 0.332 e. The SMILES string of the molecule is CCCn1c(=O)c2[nH]c(C3(C(=O)O)CCC(CCC(=O)O)C3)nc2n(CCC)c1=O. The Morgan fingerprint density at radius 2 is 1.83 bits per heavy atom. The fourth-order valence-corrected chi connectivity index (χ4v) is 4.47. The van der Waals surface area contributed by atoms with Crippen LogP contribution in [-0.4, -0.2) is 41.3 Å². The van der Waals surface area contributed by atoms with Gasteiger partial charge in [0.2, 0.25) is 0 Å². The van der Waals surface area contributed by atoms with Gasteiger partial charge in [0.15, 0.2) is 5.65 Å². The van der Waals surface area contributed by atoms with Crippen molar-refractivity contribution in [2.24, 2.45) is 5.92 Å². The minimum absolute atomic E-state index is 0.0156. The molecular formula is C20H28N4O6. The number of nitrogens with zero attached hydrogens (tertiary/aromatic N) is 3. The molecule has 3 N–H and O–H groups in total. The number of aromatic nitrogens is 4. The molecule has 2 unspecified atom stereocenters. The number of aliphatic carboxylic acids is 2. The van der Waals surface area contributed by atoms with Gasteiger partial charge in [0.25, 0.3) is 5.56 Å². The van der Waals surface area contributed by atoms with Gasteiger partial charge in [-0.05, 0) is 44.4 Å². The summed E-state index contributed by atoms with van der Waals surface area (Å²) >= 11 is 0. The van der Waals surface area contributed by atoms with Crippen molar-refractivity contribution in [2.45, 2.75) is 77.3 Å². The molecule has 2 aromatic heterocycles. The molecule has 1 aliphatic carbocycles. The first-order valence-corrected chi connectivity index (χ1v) is 10.4. The van der Waals surface area contributed by atoms with Crippen LogP contribution >= 0.6 is 0 Å². The molecule has 0 saturated heterocycles. The molecule has 10 nitrogen and oxygen atoms in total. The van der Waals surface area contributed by atoms with Gasteiger partial charge in [-0.15, -0.1) is 0 Å². The average Bonchev–Trinajstić information content (AvgIpc) is 3.32. The zero-order valence-electron chi connectivity index (χ0n) is 17.3. The van der Waals surface area contributed by atoms with Crippen LogP contribution in [0.25, 0.3) is 11.2 Å². The average molecular weight is 420 g/mol. The van der Waals surface area contributed by atoms with Gasteiger partial charge in [0.05, 0.1) is 0 Å². The molecule has 1 aliphatic rings. The number of fused-ring (bicyclic) bond motifs is 1. The largest absolute Gasteiger partial charge is 0.481 e. The van der Waals surface area contributed by atoms with Crippen LogP contribution in [0.5, 0.6) is 0 Å². The highest BCUT2D eigenvalue weighted by molar-refractivity contribution is 5.82. The van der Waals surface area contributed by atoms with Gasteiger partial charge in [-0.2, -0.15) is 0 Å². The summed E-state index contributed by atoms with van der Waals surface area (Å²) in [4.78, 5) is 56.3. The van der Waals surface area contributed by atoms with Crippen LogP contribution in [0.3, 0.4) is 0 Å². The lowest BCUT2D eigenvalue weighted by Crippen LogP contribution is -2.40. The number of hydrogen-bond acceptors (Lipinski definition) is 5. The summed E-state index contributed by atoms with van der Waals surface area (Å²) in [6, 6.07) is 0. The van der Waals surface area contributed by atoms with Gasteiger partial charge in [-0.1, -0.05) is 13.8 Å². The molecule has 164 valence electrons. The van der Waals surface area contributed by atoms with E-state index in [4.69, 9.17) is 5.11 Å². The van der Waals surface area contributed by atoms with Crippen LogP contribution in [0.1, 0.15) is 64.6 Å². The molecule has 2 heterocycles. The second kappa shape index (κ2) is 8.45. The summed E-state index contributed by atoms with van der Waals surface area (Å²) in [5.74, 6) is -1.86. The van der Waals surface area contributed by atoms with E-state index in [-0.39, 0.29) is 42.3 Å².